The van der Waals surface area contributed by atoms with Crippen molar-refractivity contribution in [1.82, 2.24) is 0 Å². The van der Waals surface area contributed by atoms with Gasteiger partial charge in [0.15, 0.2) is 5.60 Å². The first-order valence-corrected chi connectivity index (χ1v) is 21.4. The zero-order chi connectivity index (χ0) is 39.9. The number of aryl methyl sites for hydroxylation is 1. The van der Waals surface area contributed by atoms with Gasteiger partial charge in [-0.25, -0.2) is 4.79 Å². The molecule has 58 heavy (non-hydrogen) atoms. The van der Waals surface area contributed by atoms with Crippen LogP contribution in [0.3, 0.4) is 0 Å². The molecule has 3 aliphatic rings. The zero-order valence-corrected chi connectivity index (χ0v) is 34.4. The summed E-state index contributed by atoms with van der Waals surface area (Å²) in [6, 6.07) is 41.7. The maximum atomic E-state index is 13.3. The minimum atomic E-state index is -0.801. The summed E-state index contributed by atoms with van der Waals surface area (Å²) in [6.45, 7) is 9.21. The van der Waals surface area contributed by atoms with Crippen molar-refractivity contribution in [2.24, 2.45) is 5.92 Å². The Morgan fingerprint density at radius 1 is 0.759 bits per heavy atom. The molecule has 6 aromatic carbocycles. The predicted octanol–water partition coefficient (Wildman–Crippen LogP) is 14.0. The third kappa shape index (κ3) is 7.17. The summed E-state index contributed by atoms with van der Waals surface area (Å²) in [5, 5.41) is 2.17. The highest BCUT2D eigenvalue weighted by Crippen LogP contribution is 2.53. The van der Waals surface area contributed by atoms with Crippen LogP contribution in [0.1, 0.15) is 127 Å². The van der Waals surface area contributed by atoms with Crippen molar-refractivity contribution >= 4 is 22.8 Å². The molecule has 2 heterocycles. The first kappa shape index (κ1) is 38.1. The van der Waals surface area contributed by atoms with E-state index >= 15 is 0 Å². The number of carbonyl (C=O) groups excluding carboxylic acids is 1. The molecule has 0 spiro atoms. The summed E-state index contributed by atoms with van der Waals surface area (Å²) in [6.07, 6.45) is 15.0. The molecule has 1 atom stereocenters. The van der Waals surface area contributed by atoms with Crippen molar-refractivity contribution in [3.05, 3.63) is 172 Å². The van der Waals surface area contributed by atoms with Gasteiger partial charge in [0, 0.05) is 27.6 Å². The van der Waals surface area contributed by atoms with Gasteiger partial charge in [0.2, 0.25) is 0 Å². The summed E-state index contributed by atoms with van der Waals surface area (Å²) < 4.78 is 19.7. The Morgan fingerprint density at radius 3 is 2.19 bits per heavy atom. The molecular weight excluding hydrogens is 713 g/mol. The fourth-order valence-electron chi connectivity index (χ4n) is 9.76. The normalized spacial score (nSPS) is 20.6. The molecule has 4 nitrogen and oxygen atoms in total. The van der Waals surface area contributed by atoms with Gasteiger partial charge in [-0.1, -0.05) is 135 Å². The lowest BCUT2D eigenvalue weighted by atomic mass is 9.77. The molecule has 0 bridgehead atoms. The number of hydrogen-bond acceptors (Lipinski definition) is 4. The number of esters is 1. The van der Waals surface area contributed by atoms with Crippen LogP contribution in [0.5, 0.6) is 11.5 Å². The molecule has 2 aliphatic heterocycles. The van der Waals surface area contributed by atoms with Gasteiger partial charge in [-0.15, -0.1) is 0 Å². The minimum absolute atomic E-state index is 0.352. The first-order chi connectivity index (χ1) is 28.2. The second-order valence-corrected chi connectivity index (χ2v) is 17.3. The lowest BCUT2D eigenvalue weighted by Gasteiger charge is -2.38. The maximum absolute atomic E-state index is 13.3. The fraction of sp³-hybridized carbons (Fsp3) is 0.315. The van der Waals surface area contributed by atoms with E-state index in [4.69, 9.17) is 14.2 Å². The second kappa shape index (κ2) is 15.7. The third-order valence-corrected chi connectivity index (χ3v) is 13.1. The van der Waals surface area contributed by atoms with Gasteiger partial charge in [0.1, 0.15) is 11.5 Å². The molecule has 0 aromatic heterocycles. The third-order valence-electron chi connectivity index (χ3n) is 13.1. The highest BCUT2D eigenvalue weighted by atomic mass is 16.5. The molecule has 1 aliphatic carbocycles. The van der Waals surface area contributed by atoms with E-state index in [9.17, 15) is 4.79 Å². The van der Waals surface area contributed by atoms with Gasteiger partial charge in [-0.05, 0) is 122 Å². The average molecular weight is 767 g/mol. The SMILES string of the molecule is CCCCCC1CCC(c2ccc(OC(=O)c3ccc(-c4ccc5c6c(c7c(c5c4)COC7(C)C)C=CC(c4ccccc4)(c4ccc(C)cc4)O6)cc3)cc2)CC1. The monoisotopic (exact) mass is 766 g/mol. The van der Waals surface area contributed by atoms with E-state index in [1.807, 2.05) is 42.5 Å². The topological polar surface area (TPSA) is 44.8 Å². The highest BCUT2D eigenvalue weighted by Gasteiger charge is 2.42. The molecular formula is C54H54O4. The standard InChI is InChI=1S/C54H54O4/c1-5-6-8-11-37-16-18-38(19-17-37)39-24-29-45(30-25-39)57-52(55)41-22-20-40(21-23-41)42-26-31-46-48(34-42)49-35-56-53(3,4)50(49)47-32-33-54(58-51(46)47,43-12-9-7-10-13-43)44-27-14-36(2)15-28-44/h7,9-10,12-15,20-34,37-38H,5-6,8,11,16-19,35H2,1-4H3. The smallest absolute Gasteiger partial charge is 0.343 e. The lowest BCUT2D eigenvalue weighted by molar-refractivity contribution is -0.00802. The maximum Gasteiger partial charge on any atom is 0.343 e. The van der Waals surface area contributed by atoms with Crippen molar-refractivity contribution in [3.8, 4) is 22.6 Å². The van der Waals surface area contributed by atoms with Crippen LogP contribution in [0.4, 0.5) is 0 Å². The Balaban J connectivity index is 0.968. The Labute approximate surface area is 343 Å². The number of rotatable bonds is 10. The molecule has 9 rings (SSSR count). The molecule has 294 valence electrons. The van der Waals surface area contributed by atoms with E-state index in [0.717, 1.165) is 50.3 Å². The van der Waals surface area contributed by atoms with Crippen LogP contribution in [0.15, 0.2) is 127 Å². The quantitative estimate of drug-likeness (QED) is 0.0791. The molecule has 1 unspecified atom stereocenters. The van der Waals surface area contributed by atoms with Crippen LogP contribution >= 0.6 is 0 Å². The van der Waals surface area contributed by atoms with Gasteiger partial charge in [-0.2, -0.15) is 0 Å². The molecule has 4 heteroatoms. The van der Waals surface area contributed by atoms with E-state index in [1.54, 1.807) is 0 Å². The number of hydrogen-bond donors (Lipinski definition) is 0. The van der Waals surface area contributed by atoms with Crippen LogP contribution in [0.2, 0.25) is 0 Å². The molecule has 6 aromatic rings. The van der Waals surface area contributed by atoms with Crippen LogP contribution in [-0.2, 0) is 22.5 Å². The van der Waals surface area contributed by atoms with Crippen LogP contribution in [0, 0.1) is 12.8 Å². The van der Waals surface area contributed by atoms with Crippen LogP contribution in [0.25, 0.3) is 28.0 Å². The summed E-state index contributed by atoms with van der Waals surface area (Å²) in [7, 11) is 0. The van der Waals surface area contributed by atoms with Crippen molar-refractivity contribution in [2.45, 2.75) is 103 Å². The summed E-state index contributed by atoms with van der Waals surface area (Å²) in [4.78, 5) is 13.3. The lowest BCUT2D eigenvalue weighted by Crippen LogP contribution is -2.35. The van der Waals surface area contributed by atoms with Crippen LogP contribution in [-0.4, -0.2) is 5.97 Å². The predicted molar refractivity (Wildman–Crippen MR) is 236 cm³/mol. The Morgan fingerprint density at radius 2 is 1.47 bits per heavy atom. The van der Waals surface area contributed by atoms with Gasteiger partial charge >= 0.3 is 5.97 Å². The molecule has 0 saturated heterocycles. The van der Waals surface area contributed by atoms with E-state index < -0.39 is 11.2 Å². The Kier molecular flexibility index (Phi) is 10.3. The number of benzene rings is 6. The van der Waals surface area contributed by atoms with Crippen molar-refractivity contribution < 1.29 is 19.0 Å². The van der Waals surface area contributed by atoms with E-state index in [2.05, 4.69) is 119 Å². The Hall–Kier alpha value is -5.45. The minimum Gasteiger partial charge on any atom is -0.472 e. The number of unbranched alkanes of at least 4 members (excludes halogenated alkanes) is 2. The van der Waals surface area contributed by atoms with Gasteiger partial charge in [0.25, 0.3) is 0 Å². The largest absolute Gasteiger partial charge is 0.472 e. The first-order valence-electron chi connectivity index (χ1n) is 21.4. The summed E-state index contributed by atoms with van der Waals surface area (Å²) in [5.74, 6) is 2.59. The van der Waals surface area contributed by atoms with Gasteiger partial charge in [-0.3, -0.25) is 0 Å². The molecule has 0 radical (unpaired) electrons. The number of fused-ring (bicyclic) bond motifs is 6. The highest BCUT2D eigenvalue weighted by molar-refractivity contribution is 6.00. The van der Waals surface area contributed by atoms with Crippen molar-refractivity contribution in [3.63, 3.8) is 0 Å². The average Bonchev–Trinajstić information content (AvgIpc) is 3.59. The zero-order valence-electron chi connectivity index (χ0n) is 34.4. The van der Waals surface area contributed by atoms with E-state index in [-0.39, 0.29) is 5.97 Å². The molecule has 0 amide bonds. The summed E-state index contributed by atoms with van der Waals surface area (Å²) >= 11 is 0. The molecule has 0 N–H and O–H groups in total. The molecule has 1 fully saturated rings. The second-order valence-electron chi connectivity index (χ2n) is 17.3. The van der Waals surface area contributed by atoms with Crippen molar-refractivity contribution in [1.29, 1.82) is 0 Å². The summed E-state index contributed by atoms with van der Waals surface area (Å²) in [5.41, 5.74) is 9.47. The van der Waals surface area contributed by atoms with Gasteiger partial charge < -0.3 is 14.2 Å². The Bertz CT molecular complexity index is 2450. The van der Waals surface area contributed by atoms with E-state index in [1.165, 1.54) is 73.6 Å². The van der Waals surface area contributed by atoms with Crippen molar-refractivity contribution in [2.75, 3.05) is 0 Å². The van der Waals surface area contributed by atoms with Crippen LogP contribution < -0.4 is 9.47 Å². The van der Waals surface area contributed by atoms with E-state index in [0.29, 0.717) is 23.8 Å². The number of ether oxygens (including phenoxy) is 3. The molecule has 1 saturated carbocycles. The fourth-order valence-corrected chi connectivity index (χ4v) is 9.76. The van der Waals surface area contributed by atoms with Gasteiger partial charge in [0.05, 0.1) is 17.8 Å². The number of carbonyl (C=O) groups is 1.